The van der Waals surface area contributed by atoms with Crippen LogP contribution in [-0.4, -0.2) is 29.7 Å². The van der Waals surface area contributed by atoms with E-state index in [9.17, 15) is 4.79 Å². The van der Waals surface area contributed by atoms with Crippen molar-refractivity contribution in [1.29, 1.82) is 0 Å². The van der Waals surface area contributed by atoms with Crippen LogP contribution in [0.1, 0.15) is 46.5 Å². The third-order valence-corrected chi connectivity index (χ3v) is 3.37. The maximum absolute atomic E-state index is 11.7. The van der Waals surface area contributed by atoms with E-state index in [2.05, 4.69) is 0 Å². The van der Waals surface area contributed by atoms with Gasteiger partial charge in [-0.1, -0.05) is 12.8 Å². The van der Waals surface area contributed by atoms with Crippen LogP contribution >= 0.6 is 0 Å². The lowest BCUT2D eigenvalue weighted by Gasteiger charge is -2.48. The first-order valence-electron chi connectivity index (χ1n) is 5.88. The van der Waals surface area contributed by atoms with Crippen molar-refractivity contribution in [2.24, 2.45) is 5.41 Å². The average molecular weight is 211 g/mol. The first-order valence-corrected chi connectivity index (χ1v) is 5.88. The largest absolute Gasteiger partial charge is 0.444 e. The molecule has 1 saturated heterocycles. The Balaban J connectivity index is 1.81. The zero-order valence-electron chi connectivity index (χ0n) is 10.0. The molecule has 1 spiro atoms. The third-order valence-electron chi connectivity index (χ3n) is 3.37. The van der Waals surface area contributed by atoms with Gasteiger partial charge in [-0.25, -0.2) is 4.79 Å². The fourth-order valence-electron chi connectivity index (χ4n) is 2.66. The van der Waals surface area contributed by atoms with Crippen LogP contribution in [0.4, 0.5) is 4.79 Å². The van der Waals surface area contributed by atoms with Crippen molar-refractivity contribution in [2.45, 2.75) is 52.1 Å². The van der Waals surface area contributed by atoms with Crippen LogP contribution in [0.2, 0.25) is 0 Å². The Bertz CT molecular complexity index is 253. The number of carbonyl (C=O) groups is 1. The Labute approximate surface area is 91.8 Å². The lowest BCUT2D eigenvalue weighted by Crippen LogP contribution is -2.58. The highest BCUT2D eigenvalue weighted by Crippen LogP contribution is 2.45. The minimum Gasteiger partial charge on any atom is -0.444 e. The maximum atomic E-state index is 11.7. The molecule has 15 heavy (non-hydrogen) atoms. The molecule has 0 N–H and O–H groups in total. The van der Waals surface area contributed by atoms with E-state index in [0.29, 0.717) is 5.41 Å². The van der Waals surface area contributed by atoms with Gasteiger partial charge in [0.1, 0.15) is 5.60 Å². The molecule has 0 aromatic carbocycles. The van der Waals surface area contributed by atoms with Gasteiger partial charge in [-0.3, -0.25) is 0 Å². The van der Waals surface area contributed by atoms with Gasteiger partial charge >= 0.3 is 6.09 Å². The summed E-state index contributed by atoms with van der Waals surface area (Å²) in [5.41, 5.74) is 0.104. The van der Waals surface area contributed by atoms with Crippen LogP contribution in [0.3, 0.4) is 0 Å². The molecule has 3 nitrogen and oxygen atoms in total. The summed E-state index contributed by atoms with van der Waals surface area (Å²) in [6.45, 7) is 7.58. The summed E-state index contributed by atoms with van der Waals surface area (Å²) in [6.07, 6.45) is 5.13. The molecule has 0 unspecified atom stereocenters. The first-order chi connectivity index (χ1) is 6.90. The van der Waals surface area contributed by atoms with E-state index < -0.39 is 0 Å². The standard InChI is InChI=1S/C12H21NO2/c1-11(2,3)15-10(14)13-8-12(9-13)6-4-5-7-12/h4-9H2,1-3H3. The summed E-state index contributed by atoms with van der Waals surface area (Å²) < 4.78 is 5.33. The van der Waals surface area contributed by atoms with E-state index in [1.165, 1.54) is 25.7 Å². The zero-order valence-corrected chi connectivity index (χ0v) is 10.0. The van der Waals surface area contributed by atoms with Crippen molar-refractivity contribution in [3.05, 3.63) is 0 Å². The number of carbonyl (C=O) groups excluding carboxylic acids is 1. The van der Waals surface area contributed by atoms with Crippen molar-refractivity contribution >= 4 is 6.09 Å². The number of amides is 1. The summed E-state index contributed by atoms with van der Waals surface area (Å²) in [5, 5.41) is 0. The van der Waals surface area contributed by atoms with E-state index in [1.807, 2.05) is 25.7 Å². The summed E-state index contributed by atoms with van der Waals surface area (Å²) in [5.74, 6) is 0. The van der Waals surface area contributed by atoms with E-state index in [4.69, 9.17) is 4.74 Å². The monoisotopic (exact) mass is 211 g/mol. The number of hydrogen-bond donors (Lipinski definition) is 0. The second-order valence-electron chi connectivity index (χ2n) is 6.04. The van der Waals surface area contributed by atoms with Crippen LogP contribution in [-0.2, 0) is 4.74 Å². The molecule has 2 fully saturated rings. The molecule has 1 saturated carbocycles. The van der Waals surface area contributed by atoms with E-state index >= 15 is 0 Å². The summed E-state index contributed by atoms with van der Waals surface area (Å²) >= 11 is 0. The molecule has 2 aliphatic rings. The van der Waals surface area contributed by atoms with Crippen molar-refractivity contribution in [3.63, 3.8) is 0 Å². The molecule has 1 aliphatic carbocycles. The number of likely N-dealkylation sites (tertiary alicyclic amines) is 1. The van der Waals surface area contributed by atoms with E-state index in [-0.39, 0.29) is 11.7 Å². The number of ether oxygens (including phenoxy) is 1. The minimum absolute atomic E-state index is 0.139. The minimum atomic E-state index is -0.366. The molecule has 0 bridgehead atoms. The summed E-state index contributed by atoms with van der Waals surface area (Å²) in [6, 6.07) is 0. The van der Waals surface area contributed by atoms with Gasteiger partial charge in [-0.05, 0) is 33.6 Å². The molecule has 1 amide bonds. The highest BCUT2D eigenvalue weighted by molar-refractivity contribution is 5.69. The van der Waals surface area contributed by atoms with Gasteiger partial charge in [-0.2, -0.15) is 0 Å². The Morgan fingerprint density at radius 2 is 1.73 bits per heavy atom. The molecular weight excluding hydrogens is 190 g/mol. The molecule has 86 valence electrons. The second kappa shape index (κ2) is 3.39. The van der Waals surface area contributed by atoms with Gasteiger partial charge in [0.2, 0.25) is 0 Å². The highest BCUT2D eigenvalue weighted by Gasteiger charge is 2.47. The maximum Gasteiger partial charge on any atom is 0.410 e. The van der Waals surface area contributed by atoms with Gasteiger partial charge in [0, 0.05) is 18.5 Å². The Morgan fingerprint density at radius 3 is 2.20 bits per heavy atom. The van der Waals surface area contributed by atoms with Crippen LogP contribution in [0.15, 0.2) is 0 Å². The smallest absolute Gasteiger partial charge is 0.410 e. The van der Waals surface area contributed by atoms with E-state index in [1.54, 1.807) is 0 Å². The molecule has 0 aromatic rings. The Kier molecular flexibility index (Phi) is 2.44. The predicted molar refractivity (Wildman–Crippen MR) is 58.7 cm³/mol. The SMILES string of the molecule is CC(C)(C)OC(=O)N1CC2(CCCC2)C1. The van der Waals surface area contributed by atoms with Crippen molar-refractivity contribution in [2.75, 3.05) is 13.1 Å². The molecule has 0 radical (unpaired) electrons. The number of nitrogens with zero attached hydrogens (tertiary/aromatic N) is 1. The van der Waals surface area contributed by atoms with Crippen LogP contribution in [0.25, 0.3) is 0 Å². The molecule has 1 aliphatic heterocycles. The van der Waals surface area contributed by atoms with Gasteiger partial charge in [0.25, 0.3) is 0 Å². The number of hydrogen-bond acceptors (Lipinski definition) is 2. The molecule has 2 rings (SSSR count). The summed E-state index contributed by atoms with van der Waals surface area (Å²) in [4.78, 5) is 13.5. The van der Waals surface area contributed by atoms with Crippen LogP contribution in [0, 0.1) is 5.41 Å². The van der Waals surface area contributed by atoms with Gasteiger partial charge < -0.3 is 9.64 Å². The predicted octanol–water partition coefficient (Wildman–Crippen LogP) is 2.80. The molecule has 0 atom stereocenters. The molecule has 3 heteroatoms. The molecule has 1 heterocycles. The van der Waals surface area contributed by atoms with Gasteiger partial charge in [0.05, 0.1) is 0 Å². The first kappa shape index (κ1) is 10.8. The van der Waals surface area contributed by atoms with Gasteiger partial charge in [0.15, 0.2) is 0 Å². The Morgan fingerprint density at radius 1 is 1.20 bits per heavy atom. The topological polar surface area (TPSA) is 29.5 Å². The quantitative estimate of drug-likeness (QED) is 0.616. The van der Waals surface area contributed by atoms with Crippen molar-refractivity contribution < 1.29 is 9.53 Å². The van der Waals surface area contributed by atoms with Crippen molar-refractivity contribution in [1.82, 2.24) is 4.90 Å². The van der Waals surface area contributed by atoms with Crippen molar-refractivity contribution in [3.8, 4) is 0 Å². The highest BCUT2D eigenvalue weighted by atomic mass is 16.6. The van der Waals surface area contributed by atoms with Gasteiger partial charge in [-0.15, -0.1) is 0 Å². The molecular formula is C12H21NO2. The Hall–Kier alpha value is -0.730. The number of rotatable bonds is 0. The second-order valence-corrected chi connectivity index (χ2v) is 6.04. The normalized spacial score (nSPS) is 24.1. The van der Waals surface area contributed by atoms with Crippen LogP contribution < -0.4 is 0 Å². The fraction of sp³-hybridized carbons (Fsp3) is 0.917. The molecule has 0 aromatic heterocycles. The summed E-state index contributed by atoms with van der Waals surface area (Å²) in [7, 11) is 0. The lowest BCUT2D eigenvalue weighted by atomic mass is 9.79. The zero-order chi connectivity index (χ0) is 11.1. The average Bonchev–Trinajstić information content (AvgIpc) is 2.44. The van der Waals surface area contributed by atoms with Crippen LogP contribution in [0.5, 0.6) is 0 Å². The lowest BCUT2D eigenvalue weighted by molar-refractivity contribution is -0.0318. The fourth-order valence-corrected chi connectivity index (χ4v) is 2.66. The third kappa shape index (κ3) is 2.27. The van der Waals surface area contributed by atoms with E-state index in [0.717, 1.165) is 13.1 Å².